The maximum Gasteiger partial charge on any atom is 0.251 e. The Kier molecular flexibility index (Phi) is 4.14. The molecule has 5 heteroatoms. The Morgan fingerprint density at radius 3 is 2.76 bits per heavy atom. The van der Waals surface area contributed by atoms with E-state index in [1.807, 2.05) is 54.4 Å². The summed E-state index contributed by atoms with van der Waals surface area (Å²) in [5.41, 5.74) is 4.01. The third-order valence-corrected chi connectivity index (χ3v) is 4.61. The molecule has 0 spiro atoms. The van der Waals surface area contributed by atoms with E-state index < -0.39 is 0 Å². The molecule has 2 aromatic carbocycles. The highest BCUT2D eigenvalue weighted by Gasteiger charge is 2.22. The largest absolute Gasteiger partial charge is 0.488 e. The first-order valence-corrected chi connectivity index (χ1v) is 8.63. The van der Waals surface area contributed by atoms with Crippen molar-refractivity contribution in [3.05, 3.63) is 59.7 Å². The van der Waals surface area contributed by atoms with Gasteiger partial charge in [0.25, 0.3) is 5.91 Å². The van der Waals surface area contributed by atoms with Gasteiger partial charge in [0.2, 0.25) is 0 Å². The summed E-state index contributed by atoms with van der Waals surface area (Å²) in [5.74, 6) is 0.847. The van der Waals surface area contributed by atoms with E-state index in [0.29, 0.717) is 12.1 Å². The molecule has 2 heterocycles. The van der Waals surface area contributed by atoms with Crippen LogP contribution in [0, 0.1) is 0 Å². The Morgan fingerprint density at radius 2 is 2.04 bits per heavy atom. The average molecular weight is 335 g/mol. The average Bonchev–Trinajstić information content (AvgIpc) is 3.25. The number of ether oxygens (including phenoxy) is 1. The van der Waals surface area contributed by atoms with Crippen LogP contribution in [0.3, 0.4) is 0 Å². The van der Waals surface area contributed by atoms with Crippen molar-refractivity contribution in [1.82, 2.24) is 5.32 Å². The van der Waals surface area contributed by atoms with Gasteiger partial charge in [0.1, 0.15) is 11.9 Å². The number of hydrogen-bond donors (Lipinski definition) is 1. The maximum absolute atomic E-state index is 12.4. The number of carbonyl (C=O) groups excluding carboxylic acids is 1. The number of fused-ring (bicyclic) bond motifs is 1. The van der Waals surface area contributed by atoms with Crippen molar-refractivity contribution in [2.24, 2.45) is 5.10 Å². The Labute approximate surface area is 147 Å². The van der Waals surface area contributed by atoms with Crippen LogP contribution in [0.25, 0.3) is 0 Å². The van der Waals surface area contributed by atoms with Crippen LogP contribution < -0.4 is 15.1 Å². The molecular formula is C20H21N3O2. The zero-order chi connectivity index (χ0) is 17.2. The molecule has 0 fully saturated rings. The molecule has 4 rings (SSSR count). The molecule has 1 amide bonds. The molecule has 2 aliphatic heterocycles. The van der Waals surface area contributed by atoms with Gasteiger partial charge in [-0.1, -0.05) is 18.2 Å². The third kappa shape index (κ3) is 3.36. The van der Waals surface area contributed by atoms with Crippen LogP contribution in [-0.4, -0.2) is 30.8 Å². The summed E-state index contributed by atoms with van der Waals surface area (Å²) in [6.45, 7) is 3.44. The second-order valence-corrected chi connectivity index (χ2v) is 6.52. The van der Waals surface area contributed by atoms with Crippen molar-refractivity contribution in [2.45, 2.75) is 25.9 Å². The van der Waals surface area contributed by atoms with E-state index >= 15 is 0 Å². The number of rotatable bonds is 4. The standard InChI is InChI=1S/C20H21N3O2/c1-14-10-11-23(22-14)17-8-6-15(7-9-17)20(24)21-13-18-12-16-4-2-3-5-19(16)25-18/h2-9,18H,10-13H2,1H3,(H,21,24)/t18-/m0/s1. The number of benzene rings is 2. The van der Waals surface area contributed by atoms with E-state index in [4.69, 9.17) is 4.74 Å². The molecule has 2 aliphatic rings. The molecule has 2 aromatic rings. The quantitative estimate of drug-likeness (QED) is 0.934. The smallest absolute Gasteiger partial charge is 0.251 e. The minimum absolute atomic E-state index is 0.00235. The first-order chi connectivity index (χ1) is 12.2. The zero-order valence-electron chi connectivity index (χ0n) is 14.2. The van der Waals surface area contributed by atoms with Crippen LogP contribution in [0.4, 0.5) is 5.69 Å². The molecule has 0 radical (unpaired) electrons. The van der Waals surface area contributed by atoms with Crippen molar-refractivity contribution >= 4 is 17.3 Å². The summed E-state index contributed by atoms with van der Waals surface area (Å²) in [6.07, 6.45) is 1.83. The molecule has 1 atom stereocenters. The van der Waals surface area contributed by atoms with Crippen LogP contribution >= 0.6 is 0 Å². The lowest BCUT2D eigenvalue weighted by molar-refractivity contribution is 0.0933. The fraction of sp³-hybridized carbons (Fsp3) is 0.300. The summed E-state index contributed by atoms with van der Waals surface area (Å²) in [6, 6.07) is 15.6. The molecular weight excluding hydrogens is 314 g/mol. The van der Waals surface area contributed by atoms with Crippen LogP contribution in [-0.2, 0) is 6.42 Å². The maximum atomic E-state index is 12.4. The molecule has 0 aliphatic carbocycles. The molecule has 5 nitrogen and oxygen atoms in total. The van der Waals surface area contributed by atoms with Gasteiger partial charge in [-0.15, -0.1) is 0 Å². The van der Waals surface area contributed by atoms with E-state index in [1.165, 1.54) is 5.56 Å². The zero-order valence-corrected chi connectivity index (χ0v) is 14.2. The normalized spacial score (nSPS) is 18.5. The SMILES string of the molecule is CC1=NN(c2ccc(C(=O)NC[C@@H]3Cc4ccccc4O3)cc2)CC1. The minimum atomic E-state index is -0.0767. The summed E-state index contributed by atoms with van der Waals surface area (Å²) in [4.78, 5) is 12.4. The fourth-order valence-electron chi connectivity index (χ4n) is 3.22. The van der Waals surface area contributed by atoms with E-state index in [1.54, 1.807) is 0 Å². The van der Waals surface area contributed by atoms with Crippen molar-refractivity contribution in [1.29, 1.82) is 0 Å². The Balaban J connectivity index is 1.33. The Morgan fingerprint density at radius 1 is 1.24 bits per heavy atom. The predicted molar refractivity (Wildman–Crippen MR) is 98.4 cm³/mol. The molecule has 25 heavy (non-hydrogen) atoms. The van der Waals surface area contributed by atoms with E-state index in [9.17, 15) is 4.79 Å². The van der Waals surface area contributed by atoms with Crippen molar-refractivity contribution in [3.63, 3.8) is 0 Å². The number of para-hydroxylation sites is 1. The number of hydrazone groups is 1. The topological polar surface area (TPSA) is 53.9 Å². The number of hydrogen-bond acceptors (Lipinski definition) is 4. The fourth-order valence-corrected chi connectivity index (χ4v) is 3.22. The van der Waals surface area contributed by atoms with Gasteiger partial charge in [-0.05, 0) is 42.8 Å². The van der Waals surface area contributed by atoms with Gasteiger partial charge in [0, 0.05) is 30.7 Å². The molecule has 0 bridgehead atoms. The van der Waals surface area contributed by atoms with Crippen molar-refractivity contribution in [2.75, 3.05) is 18.1 Å². The van der Waals surface area contributed by atoms with Gasteiger partial charge < -0.3 is 10.1 Å². The Hall–Kier alpha value is -2.82. The van der Waals surface area contributed by atoms with Crippen molar-refractivity contribution in [3.8, 4) is 5.75 Å². The minimum Gasteiger partial charge on any atom is -0.488 e. The van der Waals surface area contributed by atoms with Crippen LogP contribution in [0.2, 0.25) is 0 Å². The lowest BCUT2D eigenvalue weighted by atomic mass is 10.1. The first-order valence-electron chi connectivity index (χ1n) is 8.63. The van der Waals surface area contributed by atoms with Gasteiger partial charge in [0.05, 0.1) is 12.2 Å². The number of nitrogens with zero attached hydrogens (tertiary/aromatic N) is 2. The third-order valence-electron chi connectivity index (χ3n) is 4.61. The predicted octanol–water partition coefficient (Wildman–Crippen LogP) is 3.01. The number of amides is 1. The van der Waals surface area contributed by atoms with Crippen molar-refractivity contribution < 1.29 is 9.53 Å². The molecule has 1 N–H and O–H groups in total. The summed E-state index contributed by atoms with van der Waals surface area (Å²) in [5, 5.41) is 9.41. The number of nitrogens with one attached hydrogen (secondary N) is 1. The highest BCUT2D eigenvalue weighted by atomic mass is 16.5. The molecule has 0 saturated heterocycles. The molecule has 0 aromatic heterocycles. The van der Waals surface area contributed by atoms with E-state index in [-0.39, 0.29) is 12.0 Å². The molecule has 0 saturated carbocycles. The molecule has 0 unspecified atom stereocenters. The summed E-state index contributed by atoms with van der Waals surface area (Å²) in [7, 11) is 0. The van der Waals surface area contributed by atoms with Gasteiger partial charge in [-0.3, -0.25) is 9.80 Å². The highest BCUT2D eigenvalue weighted by molar-refractivity contribution is 5.94. The highest BCUT2D eigenvalue weighted by Crippen LogP contribution is 2.27. The van der Waals surface area contributed by atoms with E-state index in [2.05, 4.69) is 16.5 Å². The van der Waals surface area contributed by atoms with Gasteiger partial charge >= 0.3 is 0 Å². The first kappa shape index (κ1) is 15.7. The lowest BCUT2D eigenvalue weighted by Gasteiger charge is -2.15. The lowest BCUT2D eigenvalue weighted by Crippen LogP contribution is -2.34. The second-order valence-electron chi connectivity index (χ2n) is 6.52. The number of carbonyl (C=O) groups is 1. The monoisotopic (exact) mass is 335 g/mol. The summed E-state index contributed by atoms with van der Waals surface area (Å²) < 4.78 is 5.85. The second kappa shape index (κ2) is 6.59. The Bertz CT molecular complexity index is 789. The van der Waals surface area contributed by atoms with E-state index in [0.717, 1.165) is 36.5 Å². The number of anilines is 1. The van der Waals surface area contributed by atoms with Gasteiger partial charge in [-0.2, -0.15) is 5.10 Å². The van der Waals surface area contributed by atoms with Crippen LogP contribution in [0.1, 0.15) is 29.3 Å². The van der Waals surface area contributed by atoms with Crippen LogP contribution in [0.15, 0.2) is 53.6 Å². The van der Waals surface area contributed by atoms with Crippen LogP contribution in [0.5, 0.6) is 5.75 Å². The van der Waals surface area contributed by atoms with Gasteiger partial charge in [0.15, 0.2) is 0 Å². The van der Waals surface area contributed by atoms with Gasteiger partial charge in [-0.25, -0.2) is 0 Å². The molecule has 128 valence electrons. The summed E-state index contributed by atoms with van der Waals surface area (Å²) >= 11 is 0.